The highest BCUT2D eigenvalue weighted by molar-refractivity contribution is 14.0. The van der Waals surface area contributed by atoms with E-state index in [1.807, 2.05) is 12.1 Å². The first-order valence-electron chi connectivity index (χ1n) is 8.07. The zero-order chi connectivity index (χ0) is 17.4. The Morgan fingerprint density at radius 2 is 1.80 bits per heavy atom. The van der Waals surface area contributed by atoms with Crippen LogP contribution < -0.4 is 15.8 Å². The zero-order valence-electron chi connectivity index (χ0n) is 14.6. The first kappa shape index (κ1) is 21.2. The van der Waals surface area contributed by atoms with Crippen molar-refractivity contribution in [2.45, 2.75) is 26.7 Å². The van der Waals surface area contributed by atoms with Crippen LogP contribution in [0.2, 0.25) is 0 Å². The van der Waals surface area contributed by atoms with E-state index in [0.29, 0.717) is 24.9 Å². The van der Waals surface area contributed by atoms with Crippen molar-refractivity contribution in [3.63, 3.8) is 0 Å². The number of guanidine groups is 1. The quantitative estimate of drug-likeness (QED) is 0.276. The summed E-state index contributed by atoms with van der Waals surface area (Å²) in [4.78, 5) is 4.31. The molecule has 0 saturated carbocycles. The number of unbranched alkanes of at least 4 members (excludes halogenated alkanes) is 1. The molecule has 136 valence electrons. The smallest absolute Gasteiger partial charge is 0.193 e. The van der Waals surface area contributed by atoms with Crippen LogP contribution in [0.5, 0.6) is 5.75 Å². The van der Waals surface area contributed by atoms with Crippen molar-refractivity contribution < 1.29 is 9.13 Å². The molecule has 0 aliphatic heterocycles. The number of rotatable bonds is 7. The van der Waals surface area contributed by atoms with E-state index in [1.165, 1.54) is 23.3 Å². The predicted octanol–water partition coefficient (Wildman–Crippen LogP) is 4.65. The third kappa shape index (κ3) is 7.72. The van der Waals surface area contributed by atoms with Crippen LogP contribution in [0.15, 0.2) is 47.5 Å². The van der Waals surface area contributed by atoms with Gasteiger partial charge in [0.05, 0.1) is 6.61 Å². The number of nitrogens with zero attached hydrogens (tertiary/aromatic N) is 1. The molecule has 0 aromatic heterocycles. The van der Waals surface area contributed by atoms with Crippen molar-refractivity contribution in [1.82, 2.24) is 0 Å². The molecule has 2 rings (SSSR count). The molecule has 0 amide bonds. The number of aryl methyl sites for hydroxylation is 2. The van der Waals surface area contributed by atoms with Crippen molar-refractivity contribution in [2.24, 2.45) is 10.7 Å². The summed E-state index contributed by atoms with van der Waals surface area (Å²) in [7, 11) is 0. The summed E-state index contributed by atoms with van der Waals surface area (Å²) in [5.74, 6) is 0.831. The standard InChI is InChI=1S/C19H24FN3O.HI/c1-14-5-8-17(13-15(14)2)23-19(21)22-11-3-4-12-24-18-9-6-16(20)7-10-18;/h5-10,13H,3-4,11-12H2,1-2H3,(H3,21,22,23);1H. The van der Waals surface area contributed by atoms with Crippen molar-refractivity contribution in [3.8, 4) is 5.75 Å². The molecular formula is C19H25FIN3O. The van der Waals surface area contributed by atoms with Crippen LogP contribution in [-0.4, -0.2) is 19.1 Å². The van der Waals surface area contributed by atoms with Gasteiger partial charge in [0, 0.05) is 12.2 Å². The van der Waals surface area contributed by atoms with E-state index in [0.717, 1.165) is 18.5 Å². The maximum Gasteiger partial charge on any atom is 0.193 e. The van der Waals surface area contributed by atoms with Crippen LogP contribution >= 0.6 is 24.0 Å². The lowest BCUT2D eigenvalue weighted by atomic mass is 10.1. The number of nitrogens with two attached hydrogens (primary N) is 1. The summed E-state index contributed by atoms with van der Waals surface area (Å²) in [5.41, 5.74) is 9.29. The monoisotopic (exact) mass is 457 g/mol. The Morgan fingerprint density at radius 3 is 2.48 bits per heavy atom. The van der Waals surface area contributed by atoms with Gasteiger partial charge in [-0.1, -0.05) is 6.07 Å². The van der Waals surface area contributed by atoms with Gasteiger partial charge in [-0.25, -0.2) is 4.39 Å². The summed E-state index contributed by atoms with van der Waals surface area (Å²) < 4.78 is 18.3. The number of benzene rings is 2. The predicted molar refractivity (Wildman–Crippen MR) is 113 cm³/mol. The molecular weight excluding hydrogens is 432 g/mol. The van der Waals surface area contributed by atoms with Crippen LogP contribution in [0.4, 0.5) is 10.1 Å². The second kappa shape index (κ2) is 10.9. The lowest BCUT2D eigenvalue weighted by Crippen LogP contribution is -2.23. The van der Waals surface area contributed by atoms with Gasteiger partial charge >= 0.3 is 0 Å². The first-order chi connectivity index (χ1) is 11.5. The average Bonchev–Trinajstić information content (AvgIpc) is 2.56. The Balaban J connectivity index is 0.00000312. The Labute approximate surface area is 165 Å². The van der Waals surface area contributed by atoms with Gasteiger partial charge in [-0.3, -0.25) is 4.99 Å². The molecule has 0 aliphatic carbocycles. The molecule has 3 N–H and O–H groups in total. The lowest BCUT2D eigenvalue weighted by Gasteiger charge is -2.08. The van der Waals surface area contributed by atoms with Gasteiger partial charge in [0.1, 0.15) is 11.6 Å². The number of halogens is 2. The third-order valence-electron chi connectivity index (χ3n) is 3.70. The molecule has 0 bridgehead atoms. The minimum atomic E-state index is -0.261. The van der Waals surface area contributed by atoms with Gasteiger partial charge in [0.25, 0.3) is 0 Å². The fourth-order valence-electron chi connectivity index (χ4n) is 2.14. The second-order valence-corrected chi connectivity index (χ2v) is 5.70. The SMILES string of the molecule is Cc1ccc(NC(N)=NCCCCOc2ccc(F)cc2)cc1C.I. The molecule has 6 heteroatoms. The number of hydrogen-bond acceptors (Lipinski definition) is 2. The van der Waals surface area contributed by atoms with Gasteiger partial charge in [-0.2, -0.15) is 0 Å². The van der Waals surface area contributed by atoms with E-state index in [1.54, 1.807) is 12.1 Å². The van der Waals surface area contributed by atoms with Gasteiger partial charge < -0.3 is 15.8 Å². The Kier molecular flexibility index (Phi) is 9.26. The molecule has 0 fully saturated rings. The number of ether oxygens (including phenoxy) is 1. The summed E-state index contributed by atoms with van der Waals surface area (Å²) >= 11 is 0. The van der Waals surface area contributed by atoms with Crippen LogP contribution in [0.1, 0.15) is 24.0 Å². The third-order valence-corrected chi connectivity index (χ3v) is 3.70. The van der Waals surface area contributed by atoms with Crippen molar-refractivity contribution in [1.29, 1.82) is 0 Å². The minimum Gasteiger partial charge on any atom is -0.494 e. The molecule has 25 heavy (non-hydrogen) atoms. The van der Waals surface area contributed by atoms with E-state index in [9.17, 15) is 4.39 Å². The van der Waals surface area contributed by atoms with Crippen molar-refractivity contribution in [3.05, 3.63) is 59.4 Å². The van der Waals surface area contributed by atoms with Crippen molar-refractivity contribution in [2.75, 3.05) is 18.5 Å². The number of hydrogen-bond donors (Lipinski definition) is 2. The van der Waals surface area contributed by atoms with E-state index in [2.05, 4.69) is 30.2 Å². The Morgan fingerprint density at radius 1 is 1.08 bits per heavy atom. The number of anilines is 1. The molecule has 2 aromatic rings. The highest BCUT2D eigenvalue weighted by Gasteiger charge is 1.98. The fourth-order valence-corrected chi connectivity index (χ4v) is 2.14. The van der Waals surface area contributed by atoms with E-state index < -0.39 is 0 Å². The van der Waals surface area contributed by atoms with Gasteiger partial charge in [-0.15, -0.1) is 24.0 Å². The van der Waals surface area contributed by atoms with Crippen LogP contribution in [-0.2, 0) is 0 Å². The highest BCUT2D eigenvalue weighted by atomic mass is 127. The highest BCUT2D eigenvalue weighted by Crippen LogP contribution is 2.14. The molecule has 0 heterocycles. The van der Waals surface area contributed by atoms with E-state index >= 15 is 0 Å². The summed E-state index contributed by atoms with van der Waals surface area (Å²) in [6.45, 7) is 5.35. The van der Waals surface area contributed by atoms with Gasteiger partial charge in [0.15, 0.2) is 5.96 Å². The van der Waals surface area contributed by atoms with Gasteiger partial charge in [0.2, 0.25) is 0 Å². The number of aliphatic imine (C=N–C) groups is 1. The molecule has 0 atom stereocenters. The summed E-state index contributed by atoms with van der Waals surface area (Å²) in [6, 6.07) is 12.1. The van der Waals surface area contributed by atoms with Crippen LogP contribution in [0.3, 0.4) is 0 Å². The van der Waals surface area contributed by atoms with Crippen LogP contribution in [0.25, 0.3) is 0 Å². The molecule has 0 aliphatic rings. The minimum absolute atomic E-state index is 0. The summed E-state index contributed by atoms with van der Waals surface area (Å²) in [6.07, 6.45) is 1.73. The molecule has 0 radical (unpaired) electrons. The Hall–Kier alpha value is -1.83. The van der Waals surface area contributed by atoms with Crippen molar-refractivity contribution >= 4 is 35.6 Å². The number of nitrogens with one attached hydrogen (secondary N) is 1. The molecule has 0 unspecified atom stereocenters. The fraction of sp³-hybridized carbons (Fsp3) is 0.316. The van der Waals surface area contributed by atoms with Crippen LogP contribution in [0, 0.1) is 19.7 Å². The Bertz CT molecular complexity index is 690. The molecule has 4 nitrogen and oxygen atoms in total. The zero-order valence-corrected chi connectivity index (χ0v) is 16.9. The van der Waals surface area contributed by atoms with E-state index in [4.69, 9.17) is 10.5 Å². The topological polar surface area (TPSA) is 59.6 Å². The molecule has 0 saturated heterocycles. The molecule has 0 spiro atoms. The maximum atomic E-state index is 12.8. The normalized spacial score (nSPS) is 10.9. The van der Waals surface area contributed by atoms with E-state index in [-0.39, 0.29) is 29.8 Å². The molecule has 2 aromatic carbocycles. The summed E-state index contributed by atoms with van der Waals surface area (Å²) in [5, 5.41) is 3.09. The maximum absolute atomic E-state index is 12.8. The second-order valence-electron chi connectivity index (χ2n) is 5.70. The van der Waals surface area contributed by atoms with Gasteiger partial charge in [-0.05, 0) is 74.2 Å². The lowest BCUT2D eigenvalue weighted by molar-refractivity contribution is 0.307. The average molecular weight is 457 g/mol. The first-order valence-corrected chi connectivity index (χ1v) is 8.07. The largest absolute Gasteiger partial charge is 0.494 e.